The topological polar surface area (TPSA) is 80.7 Å². The predicted molar refractivity (Wildman–Crippen MR) is 105 cm³/mol. The van der Waals surface area contributed by atoms with Crippen molar-refractivity contribution in [1.29, 1.82) is 0 Å². The lowest BCUT2D eigenvalue weighted by Crippen LogP contribution is -2.31. The Morgan fingerprint density at radius 2 is 2.04 bits per heavy atom. The van der Waals surface area contributed by atoms with Crippen LogP contribution in [0.1, 0.15) is 24.6 Å². The molecule has 0 unspecified atom stereocenters. The zero-order chi connectivity index (χ0) is 18.7. The number of nitrogens with zero attached hydrogens (tertiary/aromatic N) is 2. The molecule has 2 heterocycles. The summed E-state index contributed by atoms with van der Waals surface area (Å²) in [6, 6.07) is 8.30. The van der Waals surface area contributed by atoms with Gasteiger partial charge in [-0.1, -0.05) is 13.0 Å². The van der Waals surface area contributed by atoms with Crippen molar-refractivity contribution in [3.63, 3.8) is 0 Å². The van der Waals surface area contributed by atoms with Crippen molar-refractivity contribution < 1.29 is 14.3 Å². The van der Waals surface area contributed by atoms with Crippen molar-refractivity contribution in [3.8, 4) is 0 Å². The number of hydrogen-bond acceptors (Lipinski definition) is 5. The van der Waals surface area contributed by atoms with Gasteiger partial charge in [0.05, 0.1) is 17.1 Å². The molecule has 1 amide bonds. The molecule has 0 saturated heterocycles. The number of benzene rings is 1. The zero-order valence-corrected chi connectivity index (χ0v) is 17.0. The molecule has 1 N–H and O–H groups in total. The molecule has 0 spiro atoms. The van der Waals surface area contributed by atoms with E-state index in [2.05, 4.69) is 47.2 Å². The Hall–Kier alpha value is -2.06. The second-order valence-corrected chi connectivity index (χ2v) is 7.25. The highest BCUT2D eigenvalue weighted by molar-refractivity contribution is 9.13. The second kappa shape index (κ2) is 8.09. The number of anilines is 1. The summed E-state index contributed by atoms with van der Waals surface area (Å²) in [5.41, 5.74) is 2.53. The Bertz CT molecular complexity index is 885. The van der Waals surface area contributed by atoms with E-state index in [1.807, 2.05) is 24.3 Å². The van der Waals surface area contributed by atoms with Crippen LogP contribution in [0.4, 0.5) is 5.69 Å². The number of benzodiazepines with no additional fused rings is 1. The maximum Gasteiger partial charge on any atom is 0.305 e. The number of carbonyl (C=O) groups excluding carboxylic acids is 2. The van der Waals surface area contributed by atoms with Gasteiger partial charge in [-0.2, -0.15) is 0 Å². The summed E-state index contributed by atoms with van der Waals surface area (Å²) in [5.74, 6) is -0.713. The standard InChI is InChI=1S/C18H15Br2N3O3/c1-2-16(24)26-9-15-18(25)23-14-8-12(20)11(19)7-10(14)17(22-15)13-5-3-4-6-21-13/h3-8,15H,2,9H2,1H3,(H,23,25)/t15-/m0/s1. The molecule has 0 aliphatic carbocycles. The van der Waals surface area contributed by atoms with Gasteiger partial charge in [-0.25, -0.2) is 0 Å². The zero-order valence-electron chi connectivity index (χ0n) is 13.8. The van der Waals surface area contributed by atoms with E-state index in [1.165, 1.54) is 0 Å². The van der Waals surface area contributed by atoms with Crippen molar-refractivity contribution in [2.24, 2.45) is 4.99 Å². The number of amides is 1. The fourth-order valence-corrected chi connectivity index (χ4v) is 3.13. The molecule has 1 aromatic carbocycles. The van der Waals surface area contributed by atoms with Crippen LogP contribution in [-0.2, 0) is 14.3 Å². The van der Waals surface area contributed by atoms with E-state index in [0.717, 1.165) is 14.5 Å². The summed E-state index contributed by atoms with van der Waals surface area (Å²) in [4.78, 5) is 33.0. The maximum atomic E-state index is 12.6. The van der Waals surface area contributed by atoms with Crippen LogP contribution in [0.5, 0.6) is 0 Å². The van der Waals surface area contributed by atoms with Gasteiger partial charge in [-0.3, -0.25) is 19.6 Å². The summed E-state index contributed by atoms with van der Waals surface area (Å²) in [6.45, 7) is 1.58. The van der Waals surface area contributed by atoms with E-state index in [4.69, 9.17) is 4.74 Å². The van der Waals surface area contributed by atoms with Crippen LogP contribution in [-0.4, -0.2) is 35.2 Å². The van der Waals surface area contributed by atoms with Crippen LogP contribution >= 0.6 is 31.9 Å². The number of halogens is 2. The summed E-state index contributed by atoms with van der Waals surface area (Å²) in [5, 5.41) is 2.86. The van der Waals surface area contributed by atoms with E-state index >= 15 is 0 Å². The average Bonchev–Trinajstić information content (AvgIpc) is 2.77. The van der Waals surface area contributed by atoms with Crippen molar-refractivity contribution in [1.82, 2.24) is 4.98 Å². The average molecular weight is 481 g/mol. The smallest absolute Gasteiger partial charge is 0.305 e. The number of aromatic nitrogens is 1. The third-order valence-corrected chi connectivity index (χ3v) is 5.60. The fraction of sp³-hybridized carbons (Fsp3) is 0.222. The number of hydrogen-bond donors (Lipinski definition) is 1. The first kappa shape index (κ1) is 18.7. The number of ether oxygens (including phenoxy) is 1. The lowest BCUT2D eigenvalue weighted by molar-refractivity contribution is -0.144. The molecule has 0 fully saturated rings. The third kappa shape index (κ3) is 4.02. The van der Waals surface area contributed by atoms with Gasteiger partial charge >= 0.3 is 5.97 Å². The number of pyridine rings is 1. The summed E-state index contributed by atoms with van der Waals surface area (Å²) in [6.07, 6.45) is 1.91. The number of nitrogens with one attached hydrogen (secondary N) is 1. The van der Waals surface area contributed by atoms with Crippen LogP contribution in [0.3, 0.4) is 0 Å². The number of carbonyl (C=O) groups is 2. The van der Waals surface area contributed by atoms with Crippen molar-refractivity contribution in [3.05, 3.63) is 56.7 Å². The normalized spacial score (nSPS) is 16.2. The molecule has 2 aromatic rings. The van der Waals surface area contributed by atoms with Gasteiger partial charge in [-0.15, -0.1) is 0 Å². The first-order valence-electron chi connectivity index (χ1n) is 7.94. The van der Waals surface area contributed by atoms with Crippen molar-refractivity contribution in [2.75, 3.05) is 11.9 Å². The Balaban J connectivity index is 2.09. The molecule has 1 aromatic heterocycles. The first-order valence-corrected chi connectivity index (χ1v) is 9.53. The molecule has 3 rings (SSSR count). The molecule has 8 heteroatoms. The lowest BCUT2D eigenvalue weighted by atomic mass is 10.0. The second-order valence-electron chi connectivity index (χ2n) is 5.55. The van der Waals surface area contributed by atoms with Crippen LogP contribution in [0.2, 0.25) is 0 Å². The van der Waals surface area contributed by atoms with Gasteiger partial charge in [0.2, 0.25) is 0 Å². The Morgan fingerprint density at radius 3 is 2.73 bits per heavy atom. The highest BCUT2D eigenvalue weighted by atomic mass is 79.9. The van der Waals surface area contributed by atoms with E-state index < -0.39 is 6.04 Å². The molecule has 26 heavy (non-hydrogen) atoms. The molecular formula is C18H15Br2N3O3. The quantitative estimate of drug-likeness (QED) is 0.676. The Labute approximate surface area is 167 Å². The Morgan fingerprint density at radius 1 is 1.27 bits per heavy atom. The minimum atomic E-state index is -0.854. The molecule has 1 atom stereocenters. The Kier molecular flexibility index (Phi) is 5.83. The van der Waals surface area contributed by atoms with Crippen LogP contribution in [0.15, 0.2) is 50.5 Å². The van der Waals surface area contributed by atoms with Crippen molar-refractivity contribution in [2.45, 2.75) is 19.4 Å². The summed E-state index contributed by atoms with van der Waals surface area (Å²) in [7, 11) is 0. The van der Waals surface area contributed by atoms with E-state index in [9.17, 15) is 9.59 Å². The van der Waals surface area contributed by atoms with Crippen molar-refractivity contribution >= 4 is 55.1 Å². The molecule has 1 aliphatic heterocycles. The van der Waals surface area contributed by atoms with E-state index in [-0.39, 0.29) is 24.9 Å². The minimum Gasteiger partial charge on any atom is -0.463 e. The lowest BCUT2D eigenvalue weighted by Gasteiger charge is -2.11. The SMILES string of the molecule is CCC(=O)OC[C@@H]1N=C(c2ccccn2)c2cc(Br)c(Br)cc2NC1=O. The molecule has 134 valence electrons. The van der Waals surface area contributed by atoms with Gasteiger partial charge in [0.25, 0.3) is 5.91 Å². The summed E-state index contributed by atoms with van der Waals surface area (Å²) < 4.78 is 6.76. The van der Waals surface area contributed by atoms with Gasteiger partial charge in [0.15, 0.2) is 6.04 Å². The largest absolute Gasteiger partial charge is 0.463 e. The molecule has 0 radical (unpaired) electrons. The van der Waals surface area contributed by atoms with E-state index in [1.54, 1.807) is 19.2 Å². The monoisotopic (exact) mass is 479 g/mol. The van der Waals surface area contributed by atoms with Crippen LogP contribution in [0, 0.1) is 0 Å². The van der Waals surface area contributed by atoms with Gasteiger partial charge in [-0.05, 0) is 56.1 Å². The third-order valence-electron chi connectivity index (χ3n) is 3.76. The summed E-state index contributed by atoms with van der Waals surface area (Å²) >= 11 is 6.93. The number of fused-ring (bicyclic) bond motifs is 1. The van der Waals surface area contributed by atoms with Gasteiger partial charge in [0, 0.05) is 27.1 Å². The highest BCUT2D eigenvalue weighted by Crippen LogP contribution is 2.33. The van der Waals surface area contributed by atoms with Gasteiger partial charge < -0.3 is 10.1 Å². The van der Waals surface area contributed by atoms with E-state index in [0.29, 0.717) is 17.1 Å². The van der Waals surface area contributed by atoms with Gasteiger partial charge in [0.1, 0.15) is 6.61 Å². The minimum absolute atomic E-state index is 0.120. The number of aliphatic imine (C=N–C) groups is 1. The molecule has 0 bridgehead atoms. The number of rotatable bonds is 4. The highest BCUT2D eigenvalue weighted by Gasteiger charge is 2.28. The number of esters is 1. The fourth-order valence-electron chi connectivity index (χ4n) is 2.44. The maximum absolute atomic E-state index is 12.6. The molecule has 1 aliphatic rings. The molecular weight excluding hydrogens is 466 g/mol. The first-order chi connectivity index (χ1) is 12.5. The predicted octanol–water partition coefficient (Wildman–Crippen LogP) is 3.72. The molecule has 0 saturated carbocycles. The van der Waals surface area contributed by atoms with Crippen LogP contribution < -0.4 is 5.32 Å². The van der Waals surface area contributed by atoms with Crippen LogP contribution in [0.25, 0.3) is 0 Å². The molecule has 6 nitrogen and oxygen atoms in total.